The molecule has 112 valence electrons. The van der Waals surface area contributed by atoms with Crippen molar-refractivity contribution in [1.82, 2.24) is 10.3 Å². The molecule has 1 heterocycles. The molecule has 3 N–H and O–H groups in total. The number of amides is 1. The van der Waals surface area contributed by atoms with Crippen LogP contribution in [-0.2, 0) is 11.2 Å². The number of anilines is 1. The summed E-state index contributed by atoms with van der Waals surface area (Å²) in [5.41, 5.74) is 6.42. The molecule has 0 atom stereocenters. The predicted octanol–water partition coefficient (Wildman–Crippen LogP) is 1.47. The van der Waals surface area contributed by atoms with Gasteiger partial charge < -0.3 is 20.5 Å². The van der Waals surface area contributed by atoms with Crippen LogP contribution < -0.4 is 20.5 Å². The van der Waals surface area contributed by atoms with Crippen molar-refractivity contribution in [1.29, 1.82) is 0 Å². The van der Waals surface area contributed by atoms with Gasteiger partial charge in [0.25, 0.3) is 5.91 Å². The van der Waals surface area contributed by atoms with E-state index in [1.807, 2.05) is 17.5 Å². The molecule has 1 amide bonds. The van der Waals surface area contributed by atoms with Crippen LogP contribution in [-0.4, -0.2) is 31.2 Å². The molecule has 0 radical (unpaired) electrons. The fraction of sp³-hybridized carbons (Fsp3) is 0.286. The van der Waals surface area contributed by atoms with E-state index in [4.69, 9.17) is 15.2 Å². The number of thiazole rings is 1. The number of rotatable bonds is 7. The van der Waals surface area contributed by atoms with Crippen LogP contribution in [0, 0.1) is 0 Å². The van der Waals surface area contributed by atoms with Crippen LogP contribution in [0.15, 0.2) is 29.6 Å². The van der Waals surface area contributed by atoms with E-state index in [0.29, 0.717) is 29.6 Å². The minimum absolute atomic E-state index is 0.0560. The van der Waals surface area contributed by atoms with E-state index in [0.717, 1.165) is 5.69 Å². The summed E-state index contributed by atoms with van der Waals surface area (Å²) in [6.45, 7) is 0.441. The molecule has 0 bridgehead atoms. The summed E-state index contributed by atoms with van der Waals surface area (Å²) in [6.07, 6.45) is 0.647. The Kier molecular flexibility index (Phi) is 5.39. The second-order valence-corrected chi connectivity index (χ2v) is 5.11. The smallest absolute Gasteiger partial charge is 0.257 e. The molecule has 0 saturated heterocycles. The lowest BCUT2D eigenvalue weighted by molar-refractivity contribution is -0.123. The highest BCUT2D eigenvalue weighted by atomic mass is 32.1. The van der Waals surface area contributed by atoms with Gasteiger partial charge in [0.05, 0.1) is 12.8 Å². The van der Waals surface area contributed by atoms with Gasteiger partial charge in [-0.3, -0.25) is 4.79 Å². The van der Waals surface area contributed by atoms with Gasteiger partial charge >= 0.3 is 0 Å². The zero-order valence-electron chi connectivity index (χ0n) is 11.7. The molecule has 0 spiro atoms. The highest BCUT2D eigenvalue weighted by Gasteiger charge is 2.07. The van der Waals surface area contributed by atoms with Crippen LogP contribution in [0.1, 0.15) is 5.69 Å². The monoisotopic (exact) mass is 307 g/mol. The number of aromatic nitrogens is 1. The van der Waals surface area contributed by atoms with Gasteiger partial charge in [-0.25, -0.2) is 4.98 Å². The summed E-state index contributed by atoms with van der Waals surface area (Å²) in [4.78, 5) is 15.8. The van der Waals surface area contributed by atoms with Crippen molar-refractivity contribution < 1.29 is 14.3 Å². The van der Waals surface area contributed by atoms with E-state index < -0.39 is 0 Å². The average molecular weight is 307 g/mol. The molecule has 0 fully saturated rings. The molecule has 6 nitrogen and oxygen atoms in total. The van der Waals surface area contributed by atoms with Gasteiger partial charge in [0.1, 0.15) is 0 Å². The summed E-state index contributed by atoms with van der Waals surface area (Å²) < 4.78 is 10.6. The topological polar surface area (TPSA) is 86.5 Å². The van der Waals surface area contributed by atoms with Gasteiger partial charge in [-0.1, -0.05) is 12.1 Å². The van der Waals surface area contributed by atoms with Crippen LogP contribution in [0.4, 0.5) is 5.13 Å². The van der Waals surface area contributed by atoms with Crippen LogP contribution in [0.5, 0.6) is 11.5 Å². The zero-order chi connectivity index (χ0) is 15.1. The second kappa shape index (κ2) is 7.49. The summed E-state index contributed by atoms with van der Waals surface area (Å²) in [6, 6.07) is 7.19. The Labute approximate surface area is 126 Å². The first kappa shape index (κ1) is 15.1. The van der Waals surface area contributed by atoms with Crippen molar-refractivity contribution in [2.45, 2.75) is 6.42 Å². The molecule has 0 unspecified atom stereocenters. The number of nitrogens with zero attached hydrogens (tertiary/aromatic N) is 1. The Morgan fingerprint density at radius 1 is 1.38 bits per heavy atom. The van der Waals surface area contributed by atoms with E-state index in [1.165, 1.54) is 11.3 Å². The van der Waals surface area contributed by atoms with Crippen LogP contribution in [0.3, 0.4) is 0 Å². The lowest BCUT2D eigenvalue weighted by Crippen LogP contribution is -2.30. The first-order valence-corrected chi connectivity index (χ1v) is 7.29. The van der Waals surface area contributed by atoms with Gasteiger partial charge in [0.15, 0.2) is 23.2 Å². The van der Waals surface area contributed by atoms with Crippen molar-refractivity contribution >= 4 is 22.4 Å². The number of benzene rings is 1. The van der Waals surface area contributed by atoms with E-state index in [1.54, 1.807) is 19.2 Å². The highest BCUT2D eigenvalue weighted by Crippen LogP contribution is 2.25. The quantitative estimate of drug-likeness (QED) is 0.809. The number of nitrogens with one attached hydrogen (secondary N) is 1. The molecular formula is C14H17N3O3S. The third kappa shape index (κ3) is 4.64. The molecule has 0 aliphatic heterocycles. The van der Waals surface area contributed by atoms with E-state index in [9.17, 15) is 4.79 Å². The number of nitrogen functional groups attached to an aromatic ring is 1. The number of carbonyl (C=O) groups excluding carboxylic acids is 1. The minimum Gasteiger partial charge on any atom is -0.493 e. The maximum Gasteiger partial charge on any atom is 0.257 e. The molecule has 1 aromatic heterocycles. The summed E-state index contributed by atoms with van der Waals surface area (Å²) in [7, 11) is 1.56. The lowest BCUT2D eigenvalue weighted by atomic mass is 10.3. The van der Waals surface area contributed by atoms with Crippen molar-refractivity contribution in [3.63, 3.8) is 0 Å². The number of carbonyl (C=O) groups is 1. The average Bonchev–Trinajstić information content (AvgIpc) is 2.91. The van der Waals surface area contributed by atoms with Crippen LogP contribution in [0.25, 0.3) is 0 Å². The number of nitrogens with two attached hydrogens (primary N) is 1. The summed E-state index contributed by atoms with van der Waals surface area (Å²) in [5.74, 6) is 0.954. The Bertz CT molecular complexity index is 601. The molecule has 2 aromatic rings. The van der Waals surface area contributed by atoms with Gasteiger partial charge in [0.2, 0.25) is 0 Å². The number of methoxy groups -OCH3 is 1. The molecule has 0 aliphatic rings. The third-order valence-corrected chi connectivity index (χ3v) is 3.42. The Hall–Kier alpha value is -2.28. The SMILES string of the molecule is COc1ccccc1OCC(=O)NCCc1csc(N)n1. The Balaban J connectivity index is 1.72. The van der Waals surface area contributed by atoms with Crippen LogP contribution in [0.2, 0.25) is 0 Å². The Morgan fingerprint density at radius 3 is 2.81 bits per heavy atom. The minimum atomic E-state index is -0.191. The standard InChI is InChI=1S/C14H17N3O3S/c1-19-11-4-2-3-5-12(11)20-8-13(18)16-7-6-10-9-21-14(15)17-10/h2-5,9H,6-8H2,1H3,(H2,15,17)(H,16,18). The lowest BCUT2D eigenvalue weighted by Gasteiger charge is -2.10. The Morgan fingerprint density at radius 2 is 2.14 bits per heavy atom. The van der Waals surface area contributed by atoms with Gasteiger partial charge in [-0.15, -0.1) is 11.3 Å². The molecule has 2 rings (SSSR count). The second-order valence-electron chi connectivity index (χ2n) is 4.22. The highest BCUT2D eigenvalue weighted by molar-refractivity contribution is 7.13. The van der Waals surface area contributed by atoms with Gasteiger partial charge in [0, 0.05) is 18.3 Å². The number of para-hydroxylation sites is 2. The van der Waals surface area contributed by atoms with Crippen molar-refractivity contribution in [3.8, 4) is 11.5 Å². The molecule has 0 saturated carbocycles. The van der Waals surface area contributed by atoms with Crippen LogP contribution >= 0.6 is 11.3 Å². The predicted molar refractivity (Wildman–Crippen MR) is 81.7 cm³/mol. The van der Waals surface area contributed by atoms with Crippen molar-refractivity contribution in [3.05, 3.63) is 35.3 Å². The fourth-order valence-electron chi connectivity index (χ4n) is 1.70. The first-order chi connectivity index (χ1) is 10.2. The fourth-order valence-corrected chi connectivity index (χ4v) is 2.30. The van der Waals surface area contributed by atoms with Crippen molar-refractivity contribution in [2.24, 2.45) is 0 Å². The van der Waals surface area contributed by atoms with E-state index in [2.05, 4.69) is 10.3 Å². The normalized spacial score (nSPS) is 10.1. The zero-order valence-corrected chi connectivity index (χ0v) is 12.5. The van der Waals surface area contributed by atoms with E-state index in [-0.39, 0.29) is 12.5 Å². The largest absolute Gasteiger partial charge is 0.493 e. The molecule has 0 aliphatic carbocycles. The summed E-state index contributed by atoms with van der Waals surface area (Å²) in [5, 5.41) is 5.19. The van der Waals surface area contributed by atoms with Crippen molar-refractivity contribution in [2.75, 3.05) is 26.0 Å². The number of ether oxygens (including phenoxy) is 2. The maximum absolute atomic E-state index is 11.7. The number of hydrogen-bond donors (Lipinski definition) is 2. The third-order valence-electron chi connectivity index (χ3n) is 2.70. The van der Waals surface area contributed by atoms with Gasteiger partial charge in [-0.05, 0) is 12.1 Å². The molecule has 21 heavy (non-hydrogen) atoms. The molecule has 7 heteroatoms. The molecule has 1 aromatic carbocycles. The summed E-state index contributed by atoms with van der Waals surface area (Å²) >= 11 is 1.39. The van der Waals surface area contributed by atoms with E-state index >= 15 is 0 Å². The van der Waals surface area contributed by atoms with Gasteiger partial charge in [-0.2, -0.15) is 0 Å². The first-order valence-electron chi connectivity index (χ1n) is 6.41. The maximum atomic E-state index is 11.7. The number of hydrogen-bond acceptors (Lipinski definition) is 6. The molecular weight excluding hydrogens is 290 g/mol.